The van der Waals surface area contributed by atoms with E-state index in [0.717, 1.165) is 17.5 Å². The van der Waals surface area contributed by atoms with Crippen LogP contribution in [0, 0.1) is 17.3 Å². The zero-order valence-corrected chi connectivity index (χ0v) is 21.7. The molecular weight excluding hydrogens is 476 g/mol. The van der Waals surface area contributed by atoms with Gasteiger partial charge in [0.05, 0.1) is 0 Å². The van der Waals surface area contributed by atoms with Crippen LogP contribution in [0.1, 0.15) is 37.8 Å². The van der Waals surface area contributed by atoms with Gasteiger partial charge in [-0.2, -0.15) is 0 Å². The van der Waals surface area contributed by atoms with E-state index in [2.05, 4.69) is 13.5 Å². The molecule has 0 N–H and O–H groups in total. The van der Waals surface area contributed by atoms with Gasteiger partial charge < -0.3 is 14.2 Å². The van der Waals surface area contributed by atoms with Gasteiger partial charge in [-0.3, -0.25) is 4.79 Å². The molecule has 0 bridgehead atoms. The predicted molar refractivity (Wildman–Crippen MR) is 146 cm³/mol. The number of carbonyl (C=O) groups is 2. The van der Waals surface area contributed by atoms with E-state index in [1.807, 2.05) is 98.0 Å². The molecule has 2 saturated heterocycles. The van der Waals surface area contributed by atoms with Gasteiger partial charge in [0, 0.05) is 17.1 Å². The number of hydrogen-bond donors (Lipinski definition) is 0. The summed E-state index contributed by atoms with van der Waals surface area (Å²) in [5.41, 5.74) is 0.972. The van der Waals surface area contributed by atoms with E-state index in [4.69, 9.17) is 14.2 Å². The lowest BCUT2D eigenvalue weighted by molar-refractivity contribution is -0.183. The highest BCUT2D eigenvalue weighted by Gasteiger charge is 2.78. The quantitative estimate of drug-likeness (QED) is 0.378. The van der Waals surface area contributed by atoms with Crippen LogP contribution in [0.4, 0.5) is 0 Å². The summed E-state index contributed by atoms with van der Waals surface area (Å²) in [6.07, 6.45) is 9.19. The lowest BCUT2D eigenvalue weighted by Crippen LogP contribution is -2.59. The summed E-state index contributed by atoms with van der Waals surface area (Å²) < 4.78 is 19.3. The Hall–Kier alpha value is -3.54. The predicted octanol–water partition coefficient (Wildman–Crippen LogP) is 5.94. The molecule has 2 aromatic carbocycles. The molecule has 5 heteroatoms. The summed E-state index contributed by atoms with van der Waals surface area (Å²) in [4.78, 5) is 27.0. The molecule has 2 aromatic rings. The van der Waals surface area contributed by atoms with Crippen LogP contribution < -0.4 is 0 Å². The third-order valence-corrected chi connectivity index (χ3v) is 8.93. The van der Waals surface area contributed by atoms with Gasteiger partial charge in [0.1, 0.15) is 23.2 Å². The molecule has 1 unspecified atom stereocenters. The summed E-state index contributed by atoms with van der Waals surface area (Å²) >= 11 is 0. The van der Waals surface area contributed by atoms with Crippen molar-refractivity contribution < 1.29 is 23.8 Å². The van der Waals surface area contributed by atoms with Crippen molar-refractivity contribution in [3.63, 3.8) is 0 Å². The van der Waals surface area contributed by atoms with Crippen LogP contribution in [0.25, 0.3) is 12.2 Å². The van der Waals surface area contributed by atoms with Crippen molar-refractivity contribution in [2.24, 2.45) is 17.3 Å². The number of allylic oxidation sites excluding steroid dienone is 2. The third-order valence-electron chi connectivity index (χ3n) is 8.93. The Kier molecular flexibility index (Phi) is 6.09. The minimum atomic E-state index is -1.12. The first-order valence-electron chi connectivity index (χ1n) is 13.3. The van der Waals surface area contributed by atoms with Gasteiger partial charge in [0.25, 0.3) is 0 Å². The Morgan fingerprint density at radius 1 is 0.947 bits per heavy atom. The molecule has 2 heterocycles. The Labute approximate surface area is 223 Å². The van der Waals surface area contributed by atoms with Crippen molar-refractivity contribution in [3.05, 3.63) is 108 Å². The molecule has 0 amide bonds. The average molecular weight is 509 g/mol. The SMILES string of the molecule is C=C1C(=O)O[C@@H]2[C@H]1CC[C@H](C)[C@]13OC(/C=C/c4ccccc4)O[C@H]1/C(=C\C=C\c1ccccc1)C(=O)[C@@]23C. The van der Waals surface area contributed by atoms with Crippen LogP contribution in [0.15, 0.2) is 96.6 Å². The highest BCUT2D eigenvalue weighted by Crippen LogP contribution is 2.65. The Morgan fingerprint density at radius 2 is 1.61 bits per heavy atom. The standard InChI is InChI=1S/C33H32O5/c1-21-17-19-25-22(2)31(35)37-29(25)32(3)28(34)26(16-10-15-23-11-6-4-7-12-23)30-33(21,32)38-27(36-30)20-18-24-13-8-5-9-14-24/h4-16,18,20-21,25,27,29-30H,2,17,19H2,1,3H3/b15-10+,20-18+,26-16-/t21-,25-,27?,29+,30-,32-,33-/m0/s1. The number of rotatable bonds is 4. The number of ether oxygens (including phenoxy) is 3. The van der Waals surface area contributed by atoms with Gasteiger partial charge in [0.2, 0.25) is 0 Å². The Balaban J connectivity index is 1.44. The smallest absolute Gasteiger partial charge is 0.334 e. The number of hydrogen-bond acceptors (Lipinski definition) is 5. The molecule has 4 aliphatic rings. The van der Waals surface area contributed by atoms with E-state index in [1.165, 1.54) is 0 Å². The van der Waals surface area contributed by atoms with Crippen molar-refractivity contribution in [1.82, 2.24) is 0 Å². The molecule has 0 radical (unpaired) electrons. The van der Waals surface area contributed by atoms with Crippen LogP contribution in [-0.4, -0.2) is 35.9 Å². The molecule has 5 nitrogen and oxygen atoms in total. The van der Waals surface area contributed by atoms with Crippen LogP contribution >= 0.6 is 0 Å². The Bertz CT molecular complexity index is 1360. The van der Waals surface area contributed by atoms with Crippen LogP contribution in [-0.2, 0) is 23.8 Å². The monoisotopic (exact) mass is 508 g/mol. The van der Waals surface area contributed by atoms with Crippen molar-refractivity contribution in [2.45, 2.75) is 50.8 Å². The van der Waals surface area contributed by atoms with E-state index < -0.39 is 35.5 Å². The molecule has 2 aliphatic heterocycles. The van der Waals surface area contributed by atoms with E-state index in [-0.39, 0.29) is 17.6 Å². The fourth-order valence-corrected chi connectivity index (χ4v) is 6.98. The summed E-state index contributed by atoms with van der Waals surface area (Å²) in [7, 11) is 0. The normalized spacial score (nSPS) is 37.5. The molecule has 2 saturated carbocycles. The zero-order valence-electron chi connectivity index (χ0n) is 21.7. The maximum Gasteiger partial charge on any atom is 0.334 e. The second kappa shape index (κ2) is 9.33. The second-order valence-electron chi connectivity index (χ2n) is 10.9. The van der Waals surface area contributed by atoms with Gasteiger partial charge in [-0.1, -0.05) is 98.5 Å². The van der Waals surface area contributed by atoms with E-state index in [0.29, 0.717) is 17.6 Å². The summed E-state index contributed by atoms with van der Waals surface area (Å²) in [5, 5.41) is 0. The number of Topliss-reactive ketones (excluding diaryl/α,β-unsaturated/α-hetero) is 1. The molecule has 194 valence electrons. The number of esters is 1. The molecule has 7 atom stereocenters. The first-order valence-corrected chi connectivity index (χ1v) is 13.3. The Morgan fingerprint density at radius 3 is 2.29 bits per heavy atom. The first kappa shape index (κ1) is 24.8. The molecule has 2 aliphatic carbocycles. The zero-order chi connectivity index (χ0) is 26.5. The van der Waals surface area contributed by atoms with E-state index in [9.17, 15) is 9.59 Å². The minimum absolute atomic E-state index is 0.0160. The van der Waals surface area contributed by atoms with Crippen LogP contribution in [0.2, 0.25) is 0 Å². The fourth-order valence-electron chi connectivity index (χ4n) is 6.98. The van der Waals surface area contributed by atoms with Gasteiger partial charge in [-0.25, -0.2) is 4.79 Å². The lowest BCUT2D eigenvalue weighted by atomic mass is 9.64. The molecule has 0 aromatic heterocycles. The maximum atomic E-state index is 14.4. The number of benzene rings is 2. The molecule has 6 rings (SSSR count). The van der Waals surface area contributed by atoms with Gasteiger partial charge >= 0.3 is 5.97 Å². The third kappa shape index (κ3) is 3.60. The van der Waals surface area contributed by atoms with E-state index >= 15 is 0 Å². The molecule has 1 spiro atoms. The van der Waals surface area contributed by atoms with Crippen molar-refractivity contribution in [3.8, 4) is 0 Å². The topological polar surface area (TPSA) is 61.8 Å². The fraction of sp³-hybridized carbons (Fsp3) is 0.333. The first-order chi connectivity index (χ1) is 18.4. The van der Waals surface area contributed by atoms with E-state index in [1.54, 1.807) is 0 Å². The number of carbonyl (C=O) groups excluding carboxylic acids is 2. The minimum Gasteiger partial charge on any atom is -0.457 e. The average Bonchev–Trinajstić information content (AvgIpc) is 3.49. The van der Waals surface area contributed by atoms with Crippen molar-refractivity contribution in [1.29, 1.82) is 0 Å². The van der Waals surface area contributed by atoms with Gasteiger partial charge in [-0.05, 0) is 42.9 Å². The molecule has 4 fully saturated rings. The van der Waals surface area contributed by atoms with Crippen molar-refractivity contribution >= 4 is 23.9 Å². The maximum absolute atomic E-state index is 14.4. The molecular formula is C33H32O5. The summed E-state index contributed by atoms with van der Waals surface area (Å²) in [6.45, 7) is 8.05. The largest absolute Gasteiger partial charge is 0.457 e. The summed E-state index contributed by atoms with van der Waals surface area (Å²) in [5.74, 6) is -0.744. The van der Waals surface area contributed by atoms with Crippen molar-refractivity contribution in [2.75, 3.05) is 0 Å². The number of ketones is 1. The highest BCUT2D eigenvalue weighted by atomic mass is 16.7. The van der Waals surface area contributed by atoms with Crippen LogP contribution in [0.5, 0.6) is 0 Å². The summed E-state index contributed by atoms with van der Waals surface area (Å²) in [6, 6.07) is 19.9. The highest BCUT2D eigenvalue weighted by molar-refractivity contribution is 6.07. The van der Waals surface area contributed by atoms with Gasteiger partial charge in [0.15, 0.2) is 12.1 Å². The number of fused-ring (bicyclic) bond motifs is 2. The lowest BCUT2D eigenvalue weighted by Gasteiger charge is -2.45. The van der Waals surface area contributed by atoms with Crippen LogP contribution in [0.3, 0.4) is 0 Å². The van der Waals surface area contributed by atoms with Gasteiger partial charge in [-0.15, -0.1) is 0 Å². The molecule has 38 heavy (non-hydrogen) atoms. The second-order valence-corrected chi connectivity index (χ2v) is 10.9.